The van der Waals surface area contributed by atoms with Gasteiger partial charge in [0, 0.05) is 18.7 Å². The van der Waals surface area contributed by atoms with Crippen LogP contribution < -0.4 is 14.8 Å². The number of hydrogen-bond acceptors (Lipinski definition) is 5. The Bertz CT molecular complexity index is 987. The van der Waals surface area contributed by atoms with E-state index in [1.54, 1.807) is 6.07 Å². The molecule has 0 heterocycles. The van der Waals surface area contributed by atoms with Crippen LogP contribution >= 0.6 is 0 Å². The van der Waals surface area contributed by atoms with Gasteiger partial charge in [0.05, 0.1) is 25.7 Å². The fourth-order valence-corrected chi connectivity index (χ4v) is 5.40. The Kier molecular flexibility index (Phi) is 8.53. The second-order valence-electron chi connectivity index (χ2n) is 8.03. The van der Waals surface area contributed by atoms with Gasteiger partial charge in [0.15, 0.2) is 11.5 Å². The number of amides is 1. The van der Waals surface area contributed by atoms with Gasteiger partial charge in [0.1, 0.15) is 0 Å². The normalized spacial score (nSPS) is 15.2. The molecule has 0 bridgehead atoms. The molecule has 1 fully saturated rings. The quantitative estimate of drug-likeness (QED) is 0.577. The summed E-state index contributed by atoms with van der Waals surface area (Å²) in [4.78, 5) is 12.9. The molecule has 1 saturated carbocycles. The molecule has 8 heteroatoms. The first-order valence-electron chi connectivity index (χ1n) is 11.0. The van der Waals surface area contributed by atoms with Crippen molar-refractivity contribution in [2.24, 2.45) is 0 Å². The van der Waals surface area contributed by atoms with E-state index in [-0.39, 0.29) is 29.9 Å². The zero-order chi connectivity index (χ0) is 23.0. The summed E-state index contributed by atoms with van der Waals surface area (Å²) < 4.78 is 38.8. The number of nitrogens with one attached hydrogen (secondary N) is 1. The van der Waals surface area contributed by atoms with Crippen molar-refractivity contribution in [3.8, 4) is 11.5 Å². The van der Waals surface area contributed by atoms with Crippen molar-refractivity contribution in [2.45, 2.75) is 56.0 Å². The smallest absolute Gasteiger partial charge is 0.243 e. The molecule has 0 saturated heterocycles. The van der Waals surface area contributed by atoms with Gasteiger partial charge in [-0.25, -0.2) is 8.42 Å². The highest BCUT2D eigenvalue weighted by molar-refractivity contribution is 7.89. The van der Waals surface area contributed by atoms with Crippen LogP contribution in [0.1, 0.15) is 44.1 Å². The SMILES string of the molecule is COc1ccc(S(=O)(=O)N(CC(=O)NC2CCCCCC2)Cc2ccccc2)cc1OC. The van der Waals surface area contributed by atoms with E-state index in [0.29, 0.717) is 11.5 Å². The lowest BCUT2D eigenvalue weighted by Gasteiger charge is -2.24. The molecule has 2 aromatic carbocycles. The van der Waals surface area contributed by atoms with Crippen molar-refractivity contribution in [1.82, 2.24) is 9.62 Å². The van der Waals surface area contributed by atoms with Gasteiger partial charge in [0.2, 0.25) is 15.9 Å². The Balaban J connectivity index is 1.85. The summed E-state index contributed by atoms with van der Waals surface area (Å²) in [6, 6.07) is 13.8. The van der Waals surface area contributed by atoms with Crippen molar-refractivity contribution in [3.63, 3.8) is 0 Å². The standard InChI is InChI=1S/C24H32N2O5S/c1-30-22-15-14-21(16-23(22)31-2)32(28,29)26(17-19-10-6-5-7-11-19)18-24(27)25-20-12-8-3-4-9-13-20/h5-7,10-11,14-16,20H,3-4,8-9,12-13,17-18H2,1-2H3,(H,25,27). The summed E-state index contributed by atoms with van der Waals surface area (Å²) in [6.45, 7) is -0.155. The molecule has 0 unspecified atom stereocenters. The third-order valence-corrected chi connectivity index (χ3v) is 7.52. The average molecular weight is 461 g/mol. The molecule has 2 aromatic rings. The largest absolute Gasteiger partial charge is 0.493 e. The van der Waals surface area contributed by atoms with Crippen LogP contribution in [-0.4, -0.2) is 45.4 Å². The van der Waals surface area contributed by atoms with E-state index >= 15 is 0 Å². The van der Waals surface area contributed by atoms with Crippen LogP contribution in [0.5, 0.6) is 11.5 Å². The minimum absolute atomic E-state index is 0.0494. The molecular formula is C24H32N2O5S. The molecule has 0 radical (unpaired) electrons. The Morgan fingerprint density at radius 2 is 1.62 bits per heavy atom. The van der Waals surface area contributed by atoms with Crippen molar-refractivity contribution in [1.29, 1.82) is 0 Å². The second kappa shape index (κ2) is 11.3. The average Bonchev–Trinajstić information content (AvgIpc) is 3.07. The fraction of sp³-hybridized carbons (Fsp3) is 0.458. The monoisotopic (exact) mass is 460 g/mol. The lowest BCUT2D eigenvalue weighted by Crippen LogP contribution is -2.43. The molecule has 3 rings (SSSR count). The predicted octanol–water partition coefficient (Wildman–Crippen LogP) is 3.73. The van der Waals surface area contributed by atoms with Crippen molar-refractivity contribution < 1.29 is 22.7 Å². The number of hydrogen-bond donors (Lipinski definition) is 1. The molecular weight excluding hydrogens is 428 g/mol. The van der Waals surface area contributed by atoms with E-state index < -0.39 is 10.0 Å². The number of sulfonamides is 1. The molecule has 7 nitrogen and oxygen atoms in total. The highest BCUT2D eigenvalue weighted by Crippen LogP contribution is 2.31. The predicted molar refractivity (Wildman–Crippen MR) is 123 cm³/mol. The fourth-order valence-electron chi connectivity index (χ4n) is 4.00. The molecule has 174 valence electrons. The summed E-state index contributed by atoms with van der Waals surface area (Å²) in [5.74, 6) is 0.472. The van der Waals surface area contributed by atoms with Gasteiger partial charge >= 0.3 is 0 Å². The minimum Gasteiger partial charge on any atom is -0.493 e. The van der Waals surface area contributed by atoms with Crippen LogP contribution in [0.3, 0.4) is 0 Å². The Labute approximate surface area is 190 Å². The molecule has 0 aliphatic heterocycles. The van der Waals surface area contributed by atoms with Crippen LogP contribution in [0, 0.1) is 0 Å². The molecule has 0 spiro atoms. The molecule has 0 aromatic heterocycles. The topological polar surface area (TPSA) is 84.9 Å². The van der Waals surface area contributed by atoms with Crippen LogP contribution in [0.4, 0.5) is 0 Å². The van der Waals surface area contributed by atoms with Gasteiger partial charge in [-0.15, -0.1) is 0 Å². The summed E-state index contributed by atoms with van der Waals surface area (Å²) in [5, 5.41) is 3.05. The highest BCUT2D eigenvalue weighted by Gasteiger charge is 2.29. The molecule has 0 atom stereocenters. The van der Waals surface area contributed by atoms with Crippen molar-refractivity contribution in [2.75, 3.05) is 20.8 Å². The molecule has 1 amide bonds. The number of methoxy groups -OCH3 is 2. The van der Waals surface area contributed by atoms with Gasteiger partial charge in [-0.2, -0.15) is 4.31 Å². The second-order valence-corrected chi connectivity index (χ2v) is 9.97. The van der Waals surface area contributed by atoms with E-state index in [9.17, 15) is 13.2 Å². The van der Waals surface area contributed by atoms with E-state index in [0.717, 1.165) is 31.2 Å². The number of carbonyl (C=O) groups is 1. The maximum Gasteiger partial charge on any atom is 0.243 e. The lowest BCUT2D eigenvalue weighted by atomic mass is 10.1. The van der Waals surface area contributed by atoms with Crippen LogP contribution in [-0.2, 0) is 21.4 Å². The Morgan fingerprint density at radius 3 is 2.25 bits per heavy atom. The Morgan fingerprint density at radius 1 is 0.969 bits per heavy atom. The highest BCUT2D eigenvalue weighted by atomic mass is 32.2. The van der Waals surface area contributed by atoms with Crippen LogP contribution in [0.15, 0.2) is 53.4 Å². The summed E-state index contributed by atoms with van der Waals surface area (Å²) in [5.41, 5.74) is 0.804. The summed E-state index contributed by atoms with van der Waals surface area (Å²) in [7, 11) is -1.02. The van der Waals surface area contributed by atoms with Gasteiger partial charge in [-0.05, 0) is 30.5 Å². The molecule has 1 aliphatic carbocycles. The maximum atomic E-state index is 13.5. The third kappa shape index (κ3) is 6.23. The van der Waals surface area contributed by atoms with Crippen LogP contribution in [0.2, 0.25) is 0 Å². The number of ether oxygens (including phenoxy) is 2. The van der Waals surface area contributed by atoms with Gasteiger partial charge < -0.3 is 14.8 Å². The van der Waals surface area contributed by atoms with E-state index in [1.807, 2.05) is 30.3 Å². The van der Waals surface area contributed by atoms with Gasteiger partial charge in [0.25, 0.3) is 0 Å². The van der Waals surface area contributed by atoms with Crippen LogP contribution in [0.25, 0.3) is 0 Å². The maximum absolute atomic E-state index is 13.5. The summed E-state index contributed by atoms with van der Waals surface area (Å²) >= 11 is 0. The molecule has 1 N–H and O–H groups in total. The van der Waals surface area contributed by atoms with Gasteiger partial charge in [-0.1, -0.05) is 56.0 Å². The lowest BCUT2D eigenvalue weighted by molar-refractivity contribution is -0.122. The molecule has 32 heavy (non-hydrogen) atoms. The Hall–Kier alpha value is -2.58. The number of nitrogens with zero attached hydrogens (tertiary/aromatic N) is 1. The van der Waals surface area contributed by atoms with E-state index in [4.69, 9.17) is 9.47 Å². The first kappa shape index (κ1) is 24.1. The first-order chi connectivity index (χ1) is 15.4. The number of rotatable bonds is 9. The zero-order valence-corrected chi connectivity index (χ0v) is 19.6. The van der Waals surface area contributed by atoms with Crippen molar-refractivity contribution in [3.05, 3.63) is 54.1 Å². The molecule has 1 aliphatic rings. The third-order valence-electron chi connectivity index (χ3n) is 5.73. The van der Waals surface area contributed by atoms with E-state index in [2.05, 4.69) is 5.32 Å². The number of benzene rings is 2. The first-order valence-corrected chi connectivity index (χ1v) is 12.4. The zero-order valence-electron chi connectivity index (χ0n) is 18.7. The minimum atomic E-state index is -3.96. The summed E-state index contributed by atoms with van der Waals surface area (Å²) in [6.07, 6.45) is 6.41. The number of carbonyl (C=O) groups excluding carboxylic acids is 1. The van der Waals surface area contributed by atoms with Gasteiger partial charge in [-0.3, -0.25) is 4.79 Å². The van der Waals surface area contributed by atoms with E-state index in [1.165, 1.54) is 43.5 Å². The van der Waals surface area contributed by atoms with Crippen molar-refractivity contribution >= 4 is 15.9 Å².